The molecule has 1 N–H and O–H groups in total. The third-order valence-electron chi connectivity index (χ3n) is 3.68. The second-order valence-electron chi connectivity index (χ2n) is 5.50. The van der Waals surface area contributed by atoms with Crippen molar-refractivity contribution in [2.24, 2.45) is 0 Å². The molecule has 24 heavy (non-hydrogen) atoms. The number of hydrogen-bond donors (Lipinski definition) is 1. The molecule has 0 amide bonds. The van der Waals surface area contributed by atoms with Crippen LogP contribution in [0.3, 0.4) is 0 Å². The van der Waals surface area contributed by atoms with Crippen LogP contribution in [0.25, 0.3) is 10.9 Å². The summed E-state index contributed by atoms with van der Waals surface area (Å²) in [6, 6.07) is 11.4. The Labute approximate surface area is 140 Å². The molecule has 6 nitrogen and oxygen atoms in total. The van der Waals surface area contributed by atoms with E-state index >= 15 is 0 Å². The molecule has 0 atom stereocenters. The maximum atomic E-state index is 11.4. The summed E-state index contributed by atoms with van der Waals surface area (Å²) in [6.07, 6.45) is 3.37. The lowest BCUT2D eigenvalue weighted by molar-refractivity contribution is 0.0594. The molecule has 0 fully saturated rings. The SMILES string of the molecule is COC(=O)c1ccc(Nc2ccnc3ccc(N(C)C)cc23)cn1. The first-order valence-corrected chi connectivity index (χ1v) is 7.46. The minimum Gasteiger partial charge on any atom is -0.464 e. The number of rotatable bonds is 4. The zero-order valence-electron chi connectivity index (χ0n) is 13.8. The monoisotopic (exact) mass is 322 g/mol. The van der Waals surface area contributed by atoms with E-state index in [4.69, 9.17) is 0 Å². The molecule has 0 bridgehead atoms. The quantitative estimate of drug-likeness (QED) is 0.744. The number of fused-ring (bicyclic) bond motifs is 1. The van der Waals surface area contributed by atoms with Crippen molar-refractivity contribution in [3.63, 3.8) is 0 Å². The van der Waals surface area contributed by atoms with Crippen LogP contribution in [0.4, 0.5) is 17.1 Å². The molecular formula is C18H18N4O2. The number of esters is 1. The fraction of sp³-hybridized carbons (Fsp3) is 0.167. The maximum Gasteiger partial charge on any atom is 0.356 e. The van der Waals surface area contributed by atoms with E-state index in [2.05, 4.69) is 26.1 Å². The molecule has 2 aromatic heterocycles. The Balaban J connectivity index is 1.94. The Morgan fingerprint density at radius 2 is 1.96 bits per heavy atom. The van der Waals surface area contributed by atoms with Gasteiger partial charge in [-0.2, -0.15) is 0 Å². The van der Waals surface area contributed by atoms with E-state index in [1.54, 1.807) is 24.5 Å². The van der Waals surface area contributed by atoms with E-state index in [0.717, 1.165) is 28.0 Å². The number of hydrogen-bond acceptors (Lipinski definition) is 6. The highest BCUT2D eigenvalue weighted by Crippen LogP contribution is 2.28. The number of aromatic nitrogens is 2. The highest BCUT2D eigenvalue weighted by Gasteiger charge is 2.08. The lowest BCUT2D eigenvalue weighted by atomic mass is 10.1. The number of anilines is 3. The molecule has 3 aromatic rings. The summed E-state index contributed by atoms with van der Waals surface area (Å²) in [4.78, 5) is 22.0. The fourth-order valence-corrected chi connectivity index (χ4v) is 2.37. The van der Waals surface area contributed by atoms with E-state index < -0.39 is 5.97 Å². The highest BCUT2D eigenvalue weighted by atomic mass is 16.5. The number of pyridine rings is 2. The third-order valence-corrected chi connectivity index (χ3v) is 3.68. The van der Waals surface area contributed by atoms with Gasteiger partial charge in [-0.05, 0) is 36.4 Å². The molecule has 1 aromatic carbocycles. The Kier molecular flexibility index (Phi) is 4.29. The average Bonchev–Trinajstić information content (AvgIpc) is 2.61. The first-order chi connectivity index (χ1) is 11.6. The van der Waals surface area contributed by atoms with Crippen LogP contribution in [-0.4, -0.2) is 37.1 Å². The van der Waals surface area contributed by atoms with Gasteiger partial charge in [-0.25, -0.2) is 9.78 Å². The van der Waals surface area contributed by atoms with Gasteiger partial charge in [0.05, 0.1) is 24.5 Å². The summed E-state index contributed by atoms with van der Waals surface area (Å²) in [5.74, 6) is -0.452. The average molecular weight is 322 g/mol. The molecule has 0 aliphatic rings. The molecule has 3 rings (SSSR count). The van der Waals surface area contributed by atoms with Crippen LogP contribution >= 0.6 is 0 Å². The molecule has 122 valence electrons. The van der Waals surface area contributed by atoms with Gasteiger partial charge >= 0.3 is 5.97 Å². The van der Waals surface area contributed by atoms with Gasteiger partial charge in [-0.15, -0.1) is 0 Å². The molecule has 0 unspecified atom stereocenters. The van der Waals surface area contributed by atoms with Crippen LogP contribution in [0.15, 0.2) is 48.8 Å². The van der Waals surface area contributed by atoms with Crippen molar-refractivity contribution in [3.05, 3.63) is 54.5 Å². The van der Waals surface area contributed by atoms with Crippen LogP contribution in [0.1, 0.15) is 10.5 Å². The van der Waals surface area contributed by atoms with Crippen molar-refractivity contribution in [1.29, 1.82) is 0 Å². The van der Waals surface area contributed by atoms with Crippen LogP contribution < -0.4 is 10.2 Å². The van der Waals surface area contributed by atoms with E-state index in [1.807, 2.05) is 37.2 Å². The van der Waals surface area contributed by atoms with Crippen molar-refractivity contribution < 1.29 is 9.53 Å². The smallest absolute Gasteiger partial charge is 0.356 e. The summed E-state index contributed by atoms with van der Waals surface area (Å²) in [7, 11) is 5.34. The number of nitrogens with one attached hydrogen (secondary N) is 1. The van der Waals surface area contributed by atoms with Gasteiger partial charge in [-0.1, -0.05) is 0 Å². The number of carbonyl (C=O) groups is 1. The molecule has 0 aliphatic heterocycles. The summed E-state index contributed by atoms with van der Waals surface area (Å²) >= 11 is 0. The molecule has 2 heterocycles. The van der Waals surface area contributed by atoms with E-state index in [0.29, 0.717) is 0 Å². The van der Waals surface area contributed by atoms with Gasteiger partial charge in [0.1, 0.15) is 5.69 Å². The second-order valence-corrected chi connectivity index (χ2v) is 5.50. The number of carbonyl (C=O) groups excluding carboxylic acids is 1. The normalized spacial score (nSPS) is 10.5. The fourth-order valence-electron chi connectivity index (χ4n) is 2.37. The van der Waals surface area contributed by atoms with Gasteiger partial charge < -0.3 is 15.0 Å². The van der Waals surface area contributed by atoms with Crippen LogP contribution in [0.5, 0.6) is 0 Å². The topological polar surface area (TPSA) is 67.3 Å². The van der Waals surface area contributed by atoms with Gasteiger partial charge in [0, 0.05) is 37.1 Å². The number of benzene rings is 1. The summed E-state index contributed by atoms with van der Waals surface area (Å²) in [5, 5.41) is 4.34. The van der Waals surface area contributed by atoms with Crippen molar-refractivity contribution in [2.75, 3.05) is 31.4 Å². The predicted octanol–water partition coefficient (Wildman–Crippen LogP) is 3.23. The molecule has 0 spiro atoms. The summed E-state index contributed by atoms with van der Waals surface area (Å²) in [5.41, 5.74) is 3.99. The standard InChI is InChI=1S/C18H18N4O2/c1-22(2)13-5-7-15-14(10-13)16(8-9-19-15)21-12-4-6-17(20-11-12)18(23)24-3/h4-11H,1-3H3,(H,19,21). The zero-order valence-corrected chi connectivity index (χ0v) is 13.8. The third kappa shape index (κ3) is 3.12. The summed E-state index contributed by atoms with van der Waals surface area (Å²) in [6.45, 7) is 0. The van der Waals surface area contributed by atoms with Crippen molar-refractivity contribution in [2.45, 2.75) is 0 Å². The molecule has 0 radical (unpaired) electrons. The number of ether oxygens (including phenoxy) is 1. The molecule has 6 heteroatoms. The predicted molar refractivity (Wildman–Crippen MR) is 94.9 cm³/mol. The Bertz CT molecular complexity index is 876. The lowest BCUT2D eigenvalue weighted by Gasteiger charge is -2.15. The van der Waals surface area contributed by atoms with E-state index in [9.17, 15) is 4.79 Å². The highest BCUT2D eigenvalue weighted by molar-refractivity contribution is 5.95. The molecule has 0 aliphatic carbocycles. The Hall–Kier alpha value is -3.15. The van der Waals surface area contributed by atoms with Gasteiger partial charge in [0.2, 0.25) is 0 Å². The van der Waals surface area contributed by atoms with Crippen molar-refractivity contribution in [3.8, 4) is 0 Å². The van der Waals surface area contributed by atoms with Crippen molar-refractivity contribution >= 4 is 33.9 Å². The van der Waals surface area contributed by atoms with Gasteiger partial charge in [-0.3, -0.25) is 4.98 Å². The first-order valence-electron chi connectivity index (χ1n) is 7.46. The van der Waals surface area contributed by atoms with E-state index in [1.165, 1.54) is 7.11 Å². The van der Waals surface area contributed by atoms with Crippen molar-refractivity contribution in [1.82, 2.24) is 9.97 Å². The summed E-state index contributed by atoms with van der Waals surface area (Å²) < 4.78 is 4.65. The minimum atomic E-state index is -0.452. The van der Waals surface area contributed by atoms with Crippen LogP contribution in [0.2, 0.25) is 0 Å². The second kappa shape index (κ2) is 6.54. The van der Waals surface area contributed by atoms with Crippen LogP contribution in [0, 0.1) is 0 Å². The number of nitrogens with zero attached hydrogens (tertiary/aromatic N) is 3. The maximum absolute atomic E-state index is 11.4. The Morgan fingerprint density at radius 1 is 1.12 bits per heavy atom. The van der Waals surface area contributed by atoms with Crippen LogP contribution in [-0.2, 0) is 4.74 Å². The largest absolute Gasteiger partial charge is 0.464 e. The van der Waals surface area contributed by atoms with Gasteiger partial charge in [0.15, 0.2) is 0 Å². The molecular weight excluding hydrogens is 304 g/mol. The van der Waals surface area contributed by atoms with Gasteiger partial charge in [0.25, 0.3) is 0 Å². The number of methoxy groups -OCH3 is 1. The van der Waals surface area contributed by atoms with E-state index in [-0.39, 0.29) is 5.69 Å². The lowest BCUT2D eigenvalue weighted by Crippen LogP contribution is -2.08. The molecule has 0 saturated carbocycles. The first kappa shape index (κ1) is 15.7. The minimum absolute atomic E-state index is 0.275. The zero-order chi connectivity index (χ0) is 17.1. The Morgan fingerprint density at radius 3 is 2.62 bits per heavy atom. The molecule has 0 saturated heterocycles.